The fourth-order valence-corrected chi connectivity index (χ4v) is 1.93. The van der Waals surface area contributed by atoms with Gasteiger partial charge in [0.25, 0.3) is 0 Å². The van der Waals surface area contributed by atoms with E-state index in [1.54, 1.807) is 13.8 Å². The van der Waals surface area contributed by atoms with Crippen LogP contribution in [0.15, 0.2) is 0 Å². The molecule has 0 bridgehead atoms. The Kier molecular flexibility index (Phi) is 9.40. The van der Waals surface area contributed by atoms with Gasteiger partial charge in [-0.15, -0.1) is 0 Å². The molecular weight excluding hydrogens is 344 g/mol. The van der Waals surface area contributed by atoms with Gasteiger partial charge in [-0.2, -0.15) is 25.3 Å². The Morgan fingerprint density at radius 2 is 1.83 bits per heavy atom. The van der Waals surface area contributed by atoms with Gasteiger partial charge in [-0.05, 0) is 20.8 Å². The molecule has 0 radical (unpaired) electrons. The number of carboxylic acid groups (broad SMARTS) is 1. The zero-order valence-corrected chi connectivity index (χ0v) is 15.3. The molecule has 0 aromatic heterocycles. The summed E-state index contributed by atoms with van der Waals surface area (Å²) in [6.45, 7) is 6.05. The van der Waals surface area contributed by atoms with Gasteiger partial charge >= 0.3 is 12.1 Å². The number of aliphatic carboxylic acids is 1. The van der Waals surface area contributed by atoms with Crippen molar-refractivity contribution in [2.45, 2.75) is 50.8 Å². The highest BCUT2D eigenvalue weighted by atomic mass is 32.1. The molecule has 10 heteroatoms. The smallest absolute Gasteiger partial charge is 0.410 e. The van der Waals surface area contributed by atoms with E-state index in [1.165, 1.54) is 13.8 Å². The molecule has 0 aromatic rings. The summed E-state index contributed by atoms with van der Waals surface area (Å²) < 4.78 is 9.23. The van der Waals surface area contributed by atoms with E-state index in [2.05, 4.69) is 35.9 Å². The van der Waals surface area contributed by atoms with Crippen molar-refractivity contribution in [1.29, 1.82) is 0 Å². The third kappa shape index (κ3) is 9.57. The molecule has 23 heavy (non-hydrogen) atoms. The molecule has 2 unspecified atom stereocenters. The minimum atomic E-state index is -1.23. The van der Waals surface area contributed by atoms with Crippen molar-refractivity contribution in [1.82, 2.24) is 10.6 Å². The number of carboxylic acids is 1. The van der Waals surface area contributed by atoms with Crippen LogP contribution < -0.4 is 10.6 Å². The first-order chi connectivity index (χ1) is 10.5. The zero-order chi connectivity index (χ0) is 18.2. The monoisotopic (exact) mass is 368 g/mol. The third-order valence-electron chi connectivity index (χ3n) is 2.65. The van der Waals surface area contributed by atoms with Gasteiger partial charge in [-0.25, -0.2) is 9.59 Å². The summed E-state index contributed by atoms with van der Waals surface area (Å²) in [5, 5.41) is 13.9. The first kappa shape index (κ1) is 21.9. The van der Waals surface area contributed by atoms with Gasteiger partial charge in [-0.1, -0.05) is 0 Å². The maximum Gasteiger partial charge on any atom is 0.410 e. The molecule has 3 N–H and O–H groups in total. The second-order valence-corrected chi connectivity index (χ2v) is 6.97. The average Bonchev–Trinajstić information content (AvgIpc) is 2.38. The van der Waals surface area contributed by atoms with Crippen molar-refractivity contribution >= 4 is 43.2 Å². The second kappa shape index (κ2) is 9.89. The van der Waals surface area contributed by atoms with E-state index in [-0.39, 0.29) is 18.6 Å². The van der Waals surface area contributed by atoms with Gasteiger partial charge in [0.2, 0.25) is 12.2 Å². The Labute approximate surface area is 146 Å². The van der Waals surface area contributed by atoms with E-state index in [4.69, 9.17) is 14.6 Å². The maximum atomic E-state index is 11.7. The summed E-state index contributed by atoms with van der Waals surface area (Å²) in [5.41, 5.74) is 0. The SMILES string of the molecule is CC(=O)N[C@@H](CS)COC(C)OC(=O)NC(C(=O)O)C(C)(C)S. The Balaban J connectivity index is 4.38. The maximum absolute atomic E-state index is 11.7. The number of rotatable bonds is 9. The lowest BCUT2D eigenvalue weighted by Crippen LogP contribution is -2.52. The molecule has 0 heterocycles. The number of amides is 2. The standard InChI is InChI=1S/C13H24N2O6S2/c1-7(16)14-9(6-22)5-20-8(2)21-12(19)15-10(11(17)18)13(3,4)23/h8-10,22-23H,5-6H2,1-4H3,(H,14,16)(H,15,19)(H,17,18)/t8?,9-,10?/m1/s1. The van der Waals surface area contributed by atoms with Crippen LogP contribution in [0.25, 0.3) is 0 Å². The fourth-order valence-electron chi connectivity index (χ4n) is 1.56. The molecule has 3 atom stereocenters. The van der Waals surface area contributed by atoms with Crippen molar-refractivity contribution in [3.05, 3.63) is 0 Å². The van der Waals surface area contributed by atoms with Gasteiger partial charge in [0.05, 0.1) is 12.6 Å². The molecule has 0 aliphatic heterocycles. The van der Waals surface area contributed by atoms with Crippen LogP contribution in [0.3, 0.4) is 0 Å². The predicted molar refractivity (Wildman–Crippen MR) is 91.0 cm³/mol. The molecule has 2 amide bonds. The van der Waals surface area contributed by atoms with E-state index < -0.39 is 29.1 Å². The fraction of sp³-hybridized carbons (Fsp3) is 0.769. The molecule has 0 fully saturated rings. The second-order valence-electron chi connectivity index (χ2n) is 5.46. The van der Waals surface area contributed by atoms with E-state index >= 15 is 0 Å². The minimum Gasteiger partial charge on any atom is -0.480 e. The molecule has 0 spiro atoms. The van der Waals surface area contributed by atoms with Crippen LogP contribution in [0.2, 0.25) is 0 Å². The van der Waals surface area contributed by atoms with Gasteiger partial charge in [0, 0.05) is 17.4 Å². The van der Waals surface area contributed by atoms with Crippen molar-refractivity contribution in [2.24, 2.45) is 0 Å². The first-order valence-electron chi connectivity index (χ1n) is 6.89. The number of carbonyl (C=O) groups is 3. The Hall–Kier alpha value is -1.13. The molecule has 0 aliphatic rings. The van der Waals surface area contributed by atoms with Gasteiger partial charge in [0.1, 0.15) is 6.04 Å². The number of hydrogen-bond acceptors (Lipinski definition) is 7. The molecule has 0 saturated heterocycles. The molecule has 134 valence electrons. The van der Waals surface area contributed by atoms with Crippen molar-refractivity contribution in [3.8, 4) is 0 Å². The van der Waals surface area contributed by atoms with Crippen LogP contribution in [0.5, 0.6) is 0 Å². The number of hydrogen-bond donors (Lipinski definition) is 5. The van der Waals surface area contributed by atoms with Crippen LogP contribution >= 0.6 is 25.3 Å². The molecule has 8 nitrogen and oxygen atoms in total. The highest BCUT2D eigenvalue weighted by molar-refractivity contribution is 7.81. The largest absolute Gasteiger partial charge is 0.480 e. The summed E-state index contributed by atoms with van der Waals surface area (Å²) in [7, 11) is 0. The Morgan fingerprint density at radius 1 is 1.26 bits per heavy atom. The third-order valence-corrected chi connectivity index (χ3v) is 3.35. The molecule has 0 aromatic carbocycles. The average molecular weight is 368 g/mol. The number of ether oxygens (including phenoxy) is 2. The molecule has 0 rings (SSSR count). The van der Waals surface area contributed by atoms with Gasteiger partial charge in [0.15, 0.2) is 0 Å². The number of thiol groups is 2. The van der Waals surface area contributed by atoms with Gasteiger partial charge in [-0.3, -0.25) is 4.79 Å². The highest BCUT2D eigenvalue weighted by Gasteiger charge is 2.34. The molecule has 0 saturated carbocycles. The lowest BCUT2D eigenvalue weighted by Gasteiger charge is -2.27. The van der Waals surface area contributed by atoms with Gasteiger partial charge < -0.3 is 25.2 Å². The van der Waals surface area contributed by atoms with E-state index in [1.807, 2.05) is 0 Å². The van der Waals surface area contributed by atoms with Crippen LogP contribution in [0, 0.1) is 0 Å². The quantitative estimate of drug-likeness (QED) is 0.302. The van der Waals surface area contributed by atoms with E-state index in [0.717, 1.165) is 0 Å². The number of nitrogens with one attached hydrogen (secondary N) is 2. The topological polar surface area (TPSA) is 114 Å². The van der Waals surface area contributed by atoms with Crippen molar-refractivity contribution in [3.63, 3.8) is 0 Å². The first-order valence-corrected chi connectivity index (χ1v) is 7.97. The summed E-state index contributed by atoms with van der Waals surface area (Å²) in [6.07, 6.45) is -1.86. The summed E-state index contributed by atoms with van der Waals surface area (Å²) in [4.78, 5) is 33.8. The van der Waals surface area contributed by atoms with Crippen LogP contribution in [0.4, 0.5) is 4.79 Å². The Morgan fingerprint density at radius 3 is 2.22 bits per heavy atom. The molecule has 0 aliphatic carbocycles. The summed E-state index contributed by atoms with van der Waals surface area (Å²) >= 11 is 8.21. The molecular formula is C13H24N2O6S2. The van der Waals surface area contributed by atoms with Crippen molar-refractivity contribution < 1.29 is 29.0 Å². The van der Waals surface area contributed by atoms with E-state index in [0.29, 0.717) is 5.75 Å². The Bertz CT molecular complexity index is 427. The lowest BCUT2D eigenvalue weighted by molar-refractivity contribution is -0.140. The zero-order valence-electron chi connectivity index (χ0n) is 13.5. The predicted octanol–water partition coefficient (Wildman–Crippen LogP) is 0.671. The minimum absolute atomic E-state index is 0.0952. The summed E-state index contributed by atoms with van der Waals surface area (Å²) in [5.74, 6) is -1.09. The lowest BCUT2D eigenvalue weighted by atomic mass is 10.0. The normalized spacial score (nSPS) is 15.2. The van der Waals surface area contributed by atoms with Crippen molar-refractivity contribution in [2.75, 3.05) is 12.4 Å². The number of carbonyl (C=O) groups excluding carboxylic acids is 2. The van der Waals surface area contributed by atoms with Crippen LogP contribution in [-0.2, 0) is 19.1 Å². The highest BCUT2D eigenvalue weighted by Crippen LogP contribution is 2.18. The van der Waals surface area contributed by atoms with E-state index in [9.17, 15) is 14.4 Å². The van der Waals surface area contributed by atoms with Crippen LogP contribution in [-0.4, -0.2) is 58.6 Å². The summed E-state index contributed by atoms with van der Waals surface area (Å²) in [6, 6.07) is -1.55. The van der Waals surface area contributed by atoms with Crippen LogP contribution in [0.1, 0.15) is 27.7 Å². The number of alkyl carbamates (subject to hydrolysis) is 1.